The van der Waals surface area contributed by atoms with Crippen LogP contribution in [0.3, 0.4) is 0 Å². The molecule has 2 N–H and O–H groups in total. The Kier molecular flexibility index (Phi) is 4.47. The highest BCUT2D eigenvalue weighted by Crippen LogP contribution is 2.24. The Morgan fingerprint density at radius 3 is 2.73 bits per heavy atom. The lowest BCUT2D eigenvalue weighted by Gasteiger charge is -2.29. The summed E-state index contributed by atoms with van der Waals surface area (Å²) in [5.74, 6) is -0.318. The van der Waals surface area contributed by atoms with Gasteiger partial charge in [-0.3, -0.25) is 4.79 Å². The number of anilines is 2. The van der Waals surface area contributed by atoms with E-state index in [1.165, 1.54) is 6.07 Å². The van der Waals surface area contributed by atoms with E-state index in [0.29, 0.717) is 43.7 Å². The summed E-state index contributed by atoms with van der Waals surface area (Å²) >= 11 is 0. The van der Waals surface area contributed by atoms with Crippen LogP contribution in [0, 0.1) is 5.82 Å². The third-order valence-electron chi connectivity index (χ3n) is 4.00. The molecule has 1 amide bonds. The smallest absolute Gasteiger partial charge is 0.242 e. The number of hydrogen-bond acceptors (Lipinski definition) is 4. The number of morpholine rings is 1. The maximum Gasteiger partial charge on any atom is 0.242 e. The van der Waals surface area contributed by atoms with Crippen molar-refractivity contribution in [1.29, 1.82) is 0 Å². The standard InChI is InChI=1S/C16H22FN3O2/c1-11(16(21)19-12-2-3-12)18-13-4-5-15(14(17)10-13)20-6-8-22-9-7-20/h4-5,10-12,18H,2-3,6-9H2,1H3,(H,19,21)/t11-/m1/s1. The van der Waals surface area contributed by atoms with Crippen molar-refractivity contribution in [3.05, 3.63) is 24.0 Å². The third kappa shape index (κ3) is 3.68. The number of benzene rings is 1. The lowest BCUT2D eigenvalue weighted by Crippen LogP contribution is -2.38. The van der Waals surface area contributed by atoms with Gasteiger partial charge in [0.2, 0.25) is 5.91 Å². The molecule has 1 saturated carbocycles. The highest BCUT2D eigenvalue weighted by molar-refractivity contribution is 5.84. The summed E-state index contributed by atoms with van der Waals surface area (Å²) in [4.78, 5) is 13.9. The Balaban J connectivity index is 1.61. The molecule has 5 nitrogen and oxygen atoms in total. The summed E-state index contributed by atoms with van der Waals surface area (Å²) in [5.41, 5.74) is 1.21. The summed E-state index contributed by atoms with van der Waals surface area (Å²) in [7, 11) is 0. The molecular weight excluding hydrogens is 285 g/mol. The van der Waals surface area contributed by atoms with Crippen molar-refractivity contribution in [2.45, 2.75) is 31.8 Å². The summed E-state index contributed by atoms with van der Waals surface area (Å²) in [5, 5.41) is 5.98. The number of ether oxygens (including phenoxy) is 1. The number of hydrogen-bond donors (Lipinski definition) is 2. The molecule has 2 fully saturated rings. The average molecular weight is 307 g/mol. The third-order valence-corrected chi connectivity index (χ3v) is 4.00. The van der Waals surface area contributed by atoms with Crippen molar-refractivity contribution in [2.75, 3.05) is 36.5 Å². The SMILES string of the molecule is C[C@@H](Nc1ccc(N2CCOCC2)c(F)c1)C(=O)NC1CC1. The predicted octanol–water partition coefficient (Wildman–Crippen LogP) is 1.74. The molecule has 1 aliphatic heterocycles. The largest absolute Gasteiger partial charge is 0.378 e. The second-order valence-corrected chi connectivity index (χ2v) is 5.91. The van der Waals surface area contributed by atoms with Gasteiger partial charge in [-0.05, 0) is 38.0 Å². The van der Waals surface area contributed by atoms with Crippen LogP contribution in [0.1, 0.15) is 19.8 Å². The molecule has 0 aromatic heterocycles. The molecule has 0 bridgehead atoms. The van der Waals surface area contributed by atoms with E-state index in [1.807, 2.05) is 11.0 Å². The molecular formula is C16H22FN3O2. The van der Waals surface area contributed by atoms with Gasteiger partial charge in [0.15, 0.2) is 0 Å². The van der Waals surface area contributed by atoms with Crippen LogP contribution in [0.5, 0.6) is 0 Å². The van der Waals surface area contributed by atoms with Gasteiger partial charge in [0.1, 0.15) is 11.9 Å². The highest BCUT2D eigenvalue weighted by atomic mass is 19.1. The molecule has 22 heavy (non-hydrogen) atoms. The van der Waals surface area contributed by atoms with Gasteiger partial charge in [-0.25, -0.2) is 4.39 Å². The maximum atomic E-state index is 14.3. The normalized spacial score (nSPS) is 19.6. The highest BCUT2D eigenvalue weighted by Gasteiger charge is 2.25. The molecule has 120 valence electrons. The molecule has 1 heterocycles. The summed E-state index contributed by atoms with van der Waals surface area (Å²) in [6.07, 6.45) is 2.11. The molecule has 0 unspecified atom stereocenters. The predicted molar refractivity (Wildman–Crippen MR) is 83.7 cm³/mol. The Morgan fingerprint density at radius 1 is 1.36 bits per heavy atom. The topological polar surface area (TPSA) is 53.6 Å². The molecule has 0 spiro atoms. The van der Waals surface area contributed by atoms with E-state index in [0.717, 1.165) is 12.8 Å². The van der Waals surface area contributed by atoms with Crippen molar-refractivity contribution in [3.63, 3.8) is 0 Å². The van der Waals surface area contributed by atoms with E-state index in [-0.39, 0.29) is 17.8 Å². The van der Waals surface area contributed by atoms with Crippen LogP contribution in [0.2, 0.25) is 0 Å². The van der Waals surface area contributed by atoms with Crippen molar-refractivity contribution in [1.82, 2.24) is 5.32 Å². The van der Waals surface area contributed by atoms with Crippen LogP contribution < -0.4 is 15.5 Å². The lowest BCUT2D eigenvalue weighted by molar-refractivity contribution is -0.121. The van der Waals surface area contributed by atoms with Crippen LogP contribution in [0.15, 0.2) is 18.2 Å². The number of carbonyl (C=O) groups is 1. The van der Waals surface area contributed by atoms with E-state index < -0.39 is 0 Å². The fourth-order valence-electron chi connectivity index (χ4n) is 2.53. The number of nitrogens with one attached hydrogen (secondary N) is 2. The van der Waals surface area contributed by atoms with E-state index in [9.17, 15) is 9.18 Å². The average Bonchev–Trinajstić information content (AvgIpc) is 3.32. The fourth-order valence-corrected chi connectivity index (χ4v) is 2.53. The molecule has 1 aromatic carbocycles. The number of amides is 1. The van der Waals surface area contributed by atoms with Gasteiger partial charge in [-0.2, -0.15) is 0 Å². The Labute approximate surface area is 129 Å². The number of halogens is 1. The van der Waals surface area contributed by atoms with Crippen LogP contribution in [-0.2, 0) is 9.53 Å². The van der Waals surface area contributed by atoms with Crippen LogP contribution in [0.25, 0.3) is 0 Å². The Hall–Kier alpha value is -1.82. The monoisotopic (exact) mass is 307 g/mol. The summed E-state index contributed by atoms with van der Waals surface area (Å²) in [6.45, 7) is 4.43. The molecule has 3 rings (SSSR count). The Morgan fingerprint density at radius 2 is 2.09 bits per heavy atom. The first-order chi connectivity index (χ1) is 10.6. The van der Waals surface area contributed by atoms with E-state index in [4.69, 9.17) is 4.74 Å². The number of carbonyl (C=O) groups excluding carboxylic acids is 1. The van der Waals surface area contributed by atoms with Gasteiger partial charge in [0.05, 0.1) is 18.9 Å². The van der Waals surface area contributed by atoms with E-state index in [2.05, 4.69) is 10.6 Å². The van der Waals surface area contributed by atoms with Gasteiger partial charge >= 0.3 is 0 Å². The quantitative estimate of drug-likeness (QED) is 0.870. The minimum atomic E-state index is -0.380. The molecule has 1 atom stereocenters. The van der Waals surface area contributed by atoms with Crippen molar-refractivity contribution in [3.8, 4) is 0 Å². The van der Waals surface area contributed by atoms with E-state index in [1.54, 1.807) is 13.0 Å². The first kappa shape index (κ1) is 15.1. The van der Waals surface area contributed by atoms with Gasteiger partial charge in [-0.15, -0.1) is 0 Å². The minimum absolute atomic E-state index is 0.0415. The van der Waals surface area contributed by atoms with Gasteiger partial charge in [0, 0.05) is 24.8 Å². The molecule has 0 radical (unpaired) electrons. The second-order valence-electron chi connectivity index (χ2n) is 5.91. The second kappa shape index (κ2) is 6.52. The molecule has 2 aliphatic rings. The lowest BCUT2D eigenvalue weighted by atomic mass is 10.2. The van der Waals surface area contributed by atoms with Crippen LogP contribution in [0.4, 0.5) is 15.8 Å². The summed E-state index contributed by atoms with van der Waals surface area (Å²) < 4.78 is 19.6. The molecule has 6 heteroatoms. The first-order valence-electron chi connectivity index (χ1n) is 7.82. The van der Waals surface area contributed by atoms with Crippen molar-refractivity contribution < 1.29 is 13.9 Å². The van der Waals surface area contributed by atoms with Crippen molar-refractivity contribution >= 4 is 17.3 Å². The number of rotatable bonds is 5. The zero-order chi connectivity index (χ0) is 15.5. The van der Waals surface area contributed by atoms with Gasteiger partial charge < -0.3 is 20.3 Å². The molecule has 1 saturated heterocycles. The van der Waals surface area contributed by atoms with Gasteiger partial charge in [0.25, 0.3) is 0 Å². The fraction of sp³-hybridized carbons (Fsp3) is 0.562. The zero-order valence-corrected chi connectivity index (χ0v) is 12.8. The maximum absolute atomic E-state index is 14.3. The van der Waals surface area contributed by atoms with E-state index >= 15 is 0 Å². The molecule has 1 aromatic rings. The minimum Gasteiger partial charge on any atom is -0.378 e. The van der Waals surface area contributed by atoms with Gasteiger partial charge in [-0.1, -0.05) is 0 Å². The number of nitrogens with zero attached hydrogens (tertiary/aromatic N) is 1. The molecule has 1 aliphatic carbocycles. The van der Waals surface area contributed by atoms with Crippen LogP contribution >= 0.6 is 0 Å². The van der Waals surface area contributed by atoms with Crippen LogP contribution in [-0.4, -0.2) is 44.3 Å². The summed E-state index contributed by atoms with van der Waals surface area (Å²) in [6, 6.07) is 4.97. The Bertz CT molecular complexity index is 542. The zero-order valence-electron chi connectivity index (χ0n) is 12.8. The van der Waals surface area contributed by atoms with Crippen molar-refractivity contribution in [2.24, 2.45) is 0 Å². The first-order valence-corrected chi connectivity index (χ1v) is 7.82.